The van der Waals surface area contributed by atoms with Crippen molar-refractivity contribution >= 4 is 52.6 Å². The Balaban J connectivity index is 2.10. The molecule has 2 aromatic carbocycles. The van der Waals surface area contributed by atoms with Crippen molar-refractivity contribution in [1.29, 1.82) is 0 Å². The summed E-state index contributed by atoms with van der Waals surface area (Å²) in [5, 5.41) is 3.46. The van der Waals surface area contributed by atoms with Crippen molar-refractivity contribution in [3.63, 3.8) is 0 Å². The minimum atomic E-state index is -4.39. The number of aromatic nitrogens is 1. The maximum absolute atomic E-state index is 11.7. The lowest BCUT2D eigenvalue weighted by Gasteiger charge is -2.15. The highest BCUT2D eigenvalue weighted by Crippen LogP contribution is 2.35. The molecule has 0 amide bonds. The molecule has 0 aliphatic carbocycles. The molecular formula is C16H16N2O6S3. The monoisotopic (exact) mass is 428 g/mol. The van der Waals surface area contributed by atoms with Gasteiger partial charge in [0, 0.05) is 5.69 Å². The number of hydrogen-bond acceptors (Lipinski definition) is 7. The molecule has 0 radical (unpaired) electrons. The van der Waals surface area contributed by atoms with Crippen molar-refractivity contribution in [3.05, 3.63) is 41.0 Å². The van der Waals surface area contributed by atoms with E-state index >= 15 is 0 Å². The van der Waals surface area contributed by atoms with Crippen molar-refractivity contribution in [2.45, 2.75) is 30.6 Å². The maximum Gasteiger partial charge on any atom is 0.295 e. The van der Waals surface area contributed by atoms with E-state index in [1.807, 2.05) is 0 Å². The molecule has 3 rings (SSSR count). The van der Waals surface area contributed by atoms with Gasteiger partial charge in [0.1, 0.15) is 4.90 Å². The van der Waals surface area contributed by atoms with E-state index in [0.717, 1.165) is 16.9 Å². The molecule has 3 N–H and O–H groups in total. The Kier molecular flexibility index (Phi) is 4.77. The number of aryl methyl sites for hydroxylation is 2. The third kappa shape index (κ3) is 3.82. The molecule has 1 heterocycles. The predicted molar refractivity (Wildman–Crippen MR) is 103 cm³/mol. The second-order valence-electron chi connectivity index (χ2n) is 6.06. The van der Waals surface area contributed by atoms with E-state index in [1.165, 1.54) is 18.2 Å². The third-order valence-corrected chi connectivity index (χ3v) is 6.98. The van der Waals surface area contributed by atoms with Gasteiger partial charge in [-0.3, -0.25) is 9.11 Å². The Hall–Kier alpha value is -2.05. The van der Waals surface area contributed by atoms with Gasteiger partial charge in [-0.1, -0.05) is 17.4 Å². The van der Waals surface area contributed by atoms with E-state index in [4.69, 9.17) is 4.55 Å². The van der Waals surface area contributed by atoms with Crippen LogP contribution in [0.1, 0.15) is 16.7 Å². The fourth-order valence-corrected chi connectivity index (χ4v) is 5.43. The fraction of sp³-hybridized carbons (Fsp3) is 0.188. The first-order valence-corrected chi connectivity index (χ1v) is 11.3. The van der Waals surface area contributed by atoms with Gasteiger partial charge < -0.3 is 5.32 Å². The van der Waals surface area contributed by atoms with Crippen LogP contribution in [0.3, 0.4) is 0 Å². The zero-order chi connectivity index (χ0) is 20.1. The molecule has 0 saturated carbocycles. The van der Waals surface area contributed by atoms with E-state index in [-0.39, 0.29) is 9.79 Å². The summed E-state index contributed by atoms with van der Waals surface area (Å²) in [4.78, 5) is 3.95. The van der Waals surface area contributed by atoms with E-state index < -0.39 is 20.2 Å². The summed E-state index contributed by atoms with van der Waals surface area (Å²) in [5.74, 6) is 0. The lowest BCUT2D eigenvalue weighted by Crippen LogP contribution is -2.07. The number of hydrogen-bond donors (Lipinski definition) is 3. The highest BCUT2D eigenvalue weighted by Gasteiger charge is 2.21. The van der Waals surface area contributed by atoms with Crippen LogP contribution >= 0.6 is 11.3 Å². The molecule has 8 nitrogen and oxygen atoms in total. The number of benzene rings is 2. The molecule has 0 unspecified atom stereocenters. The zero-order valence-corrected chi connectivity index (χ0v) is 17.0. The molecule has 27 heavy (non-hydrogen) atoms. The van der Waals surface area contributed by atoms with Crippen LogP contribution in [-0.2, 0) is 20.2 Å². The minimum absolute atomic E-state index is 0.162. The lowest BCUT2D eigenvalue weighted by molar-refractivity contribution is 0.480. The average molecular weight is 429 g/mol. The van der Waals surface area contributed by atoms with Gasteiger partial charge in [-0.25, -0.2) is 4.98 Å². The molecule has 0 bridgehead atoms. The summed E-state index contributed by atoms with van der Waals surface area (Å²) >= 11 is 1.15. The first kappa shape index (κ1) is 19.7. The van der Waals surface area contributed by atoms with Gasteiger partial charge in [-0.2, -0.15) is 16.8 Å². The first-order chi connectivity index (χ1) is 12.4. The third-order valence-electron chi connectivity index (χ3n) is 4.05. The molecule has 0 aliphatic rings. The molecule has 3 aromatic rings. The number of rotatable bonds is 4. The molecule has 0 spiro atoms. The number of anilines is 2. The first-order valence-electron chi connectivity index (χ1n) is 7.61. The summed E-state index contributed by atoms with van der Waals surface area (Å²) in [5.41, 5.74) is 2.55. The lowest BCUT2D eigenvalue weighted by atomic mass is 10.1. The molecule has 0 saturated heterocycles. The van der Waals surface area contributed by atoms with Gasteiger partial charge >= 0.3 is 0 Å². The van der Waals surface area contributed by atoms with Crippen LogP contribution in [0.5, 0.6) is 0 Å². The van der Waals surface area contributed by atoms with Crippen molar-refractivity contribution in [2.75, 3.05) is 5.32 Å². The smallest absolute Gasteiger partial charge is 0.295 e. The van der Waals surface area contributed by atoms with E-state index in [0.29, 0.717) is 32.2 Å². The average Bonchev–Trinajstić information content (AvgIpc) is 2.90. The van der Waals surface area contributed by atoms with Crippen LogP contribution < -0.4 is 5.32 Å². The Morgan fingerprint density at radius 2 is 1.63 bits per heavy atom. The number of fused-ring (bicyclic) bond motifs is 1. The molecule has 11 heteroatoms. The van der Waals surface area contributed by atoms with E-state index in [9.17, 15) is 21.4 Å². The quantitative estimate of drug-likeness (QED) is 0.538. The maximum atomic E-state index is 11.7. The van der Waals surface area contributed by atoms with Gasteiger partial charge in [-0.05, 0) is 55.7 Å². The summed E-state index contributed by atoms with van der Waals surface area (Å²) in [6, 6.07) is 5.67. The van der Waals surface area contributed by atoms with Gasteiger partial charge in [0.2, 0.25) is 0 Å². The zero-order valence-electron chi connectivity index (χ0n) is 14.5. The van der Waals surface area contributed by atoms with Crippen LogP contribution in [0.4, 0.5) is 10.8 Å². The summed E-state index contributed by atoms with van der Waals surface area (Å²) in [6.07, 6.45) is 0. The van der Waals surface area contributed by atoms with Gasteiger partial charge in [0.25, 0.3) is 20.2 Å². The highest BCUT2D eigenvalue weighted by molar-refractivity contribution is 7.86. The van der Waals surface area contributed by atoms with Crippen LogP contribution in [-0.4, -0.2) is 30.9 Å². The Labute approximate surface area is 160 Å². The Morgan fingerprint density at radius 3 is 2.22 bits per heavy atom. The Morgan fingerprint density at radius 1 is 0.963 bits per heavy atom. The topological polar surface area (TPSA) is 134 Å². The number of nitrogens with one attached hydrogen (secondary N) is 1. The second-order valence-corrected chi connectivity index (χ2v) is 9.87. The SMILES string of the molecule is Cc1cc(C)c(S(=O)(=O)O)c(C)c1Nc1nc2ccc(S(=O)(=O)O)cc2s1. The summed E-state index contributed by atoms with van der Waals surface area (Å²) in [7, 11) is -8.71. The Bertz CT molecular complexity index is 1280. The van der Waals surface area contributed by atoms with Crippen molar-refractivity contribution in [1.82, 2.24) is 4.98 Å². The molecule has 0 aliphatic heterocycles. The molecule has 0 atom stereocenters. The van der Waals surface area contributed by atoms with E-state index in [2.05, 4.69) is 10.3 Å². The second kappa shape index (κ2) is 6.53. The molecule has 0 fully saturated rings. The van der Waals surface area contributed by atoms with Crippen molar-refractivity contribution in [3.8, 4) is 0 Å². The predicted octanol–water partition coefficient (Wildman–Crippen LogP) is 3.46. The molecule has 1 aromatic heterocycles. The summed E-state index contributed by atoms with van der Waals surface area (Å²) in [6.45, 7) is 4.97. The highest BCUT2D eigenvalue weighted by atomic mass is 32.2. The normalized spacial score (nSPS) is 12.5. The largest absolute Gasteiger partial charge is 0.331 e. The van der Waals surface area contributed by atoms with Gasteiger partial charge in [0.05, 0.1) is 15.1 Å². The summed E-state index contributed by atoms with van der Waals surface area (Å²) < 4.78 is 65.1. The number of thiazole rings is 1. The standard InChI is InChI=1S/C16H16N2O6S3/c1-8-6-9(2)15(27(22,23)24)10(3)14(8)18-16-17-12-5-4-11(26(19,20)21)7-13(12)25-16/h4-7H,1-3H3,(H,17,18)(H,19,20,21)(H,22,23,24). The van der Waals surface area contributed by atoms with Gasteiger partial charge in [-0.15, -0.1) is 0 Å². The van der Waals surface area contributed by atoms with Crippen LogP contribution in [0.2, 0.25) is 0 Å². The molecular weight excluding hydrogens is 412 g/mol. The van der Waals surface area contributed by atoms with Crippen LogP contribution in [0.15, 0.2) is 34.1 Å². The molecule has 144 valence electrons. The number of nitrogens with zero attached hydrogens (tertiary/aromatic N) is 1. The van der Waals surface area contributed by atoms with Gasteiger partial charge in [0.15, 0.2) is 5.13 Å². The van der Waals surface area contributed by atoms with Crippen LogP contribution in [0.25, 0.3) is 10.2 Å². The van der Waals surface area contributed by atoms with E-state index in [1.54, 1.807) is 26.8 Å². The van der Waals surface area contributed by atoms with Crippen LogP contribution in [0, 0.1) is 20.8 Å². The van der Waals surface area contributed by atoms with Crippen molar-refractivity contribution < 1.29 is 25.9 Å². The van der Waals surface area contributed by atoms with Crippen molar-refractivity contribution in [2.24, 2.45) is 0 Å². The minimum Gasteiger partial charge on any atom is -0.331 e. The fourth-order valence-electron chi connectivity index (χ4n) is 2.98.